The number of nitrogens with two attached hydrogens (primary N) is 1. The second-order valence-corrected chi connectivity index (χ2v) is 6.87. The predicted molar refractivity (Wildman–Crippen MR) is 80.4 cm³/mol. The summed E-state index contributed by atoms with van der Waals surface area (Å²) in [6, 6.07) is -0.316. The van der Waals surface area contributed by atoms with Gasteiger partial charge in [0.2, 0.25) is 0 Å². The quantitative estimate of drug-likeness (QED) is 0.640. The van der Waals surface area contributed by atoms with Crippen molar-refractivity contribution in [2.24, 2.45) is 23.5 Å². The number of carboxylic acids is 1. The molecule has 0 aromatic rings. The van der Waals surface area contributed by atoms with Gasteiger partial charge in [-0.2, -0.15) is 0 Å². The van der Waals surface area contributed by atoms with Crippen molar-refractivity contribution in [3.63, 3.8) is 0 Å². The molecular weight excluding hydrogens is 254 g/mol. The van der Waals surface area contributed by atoms with Gasteiger partial charge in [-0.25, -0.2) is 0 Å². The first-order valence-electron chi connectivity index (χ1n) is 8.06. The Labute approximate surface area is 122 Å². The molecule has 1 aliphatic rings. The van der Waals surface area contributed by atoms with E-state index in [2.05, 4.69) is 13.8 Å². The van der Waals surface area contributed by atoms with Crippen molar-refractivity contribution in [1.82, 2.24) is 0 Å². The van der Waals surface area contributed by atoms with Crippen LogP contribution in [0.25, 0.3) is 0 Å². The van der Waals surface area contributed by atoms with Crippen LogP contribution in [0.2, 0.25) is 0 Å². The van der Waals surface area contributed by atoms with E-state index in [9.17, 15) is 15.0 Å². The number of aliphatic hydroxyl groups is 1. The summed E-state index contributed by atoms with van der Waals surface area (Å²) in [6.07, 6.45) is 6.99. The zero-order valence-electron chi connectivity index (χ0n) is 12.9. The first-order chi connectivity index (χ1) is 9.40. The van der Waals surface area contributed by atoms with E-state index in [1.807, 2.05) is 0 Å². The Kier molecular flexibility index (Phi) is 7.52. The molecule has 4 heteroatoms. The zero-order valence-corrected chi connectivity index (χ0v) is 12.9. The summed E-state index contributed by atoms with van der Waals surface area (Å²) in [6.45, 7) is 4.12. The zero-order chi connectivity index (χ0) is 15.1. The normalized spacial score (nSPS) is 21.6. The monoisotopic (exact) mass is 285 g/mol. The first-order valence-corrected chi connectivity index (χ1v) is 8.06. The highest BCUT2D eigenvalue weighted by molar-refractivity contribution is 5.70. The lowest BCUT2D eigenvalue weighted by Crippen LogP contribution is -2.38. The maximum atomic E-state index is 11.4. The van der Waals surface area contributed by atoms with Gasteiger partial charge in [-0.15, -0.1) is 0 Å². The van der Waals surface area contributed by atoms with Crippen LogP contribution in [0.1, 0.15) is 65.2 Å². The third-order valence-electron chi connectivity index (χ3n) is 4.46. The molecule has 4 N–H and O–H groups in total. The van der Waals surface area contributed by atoms with Crippen LogP contribution in [0.5, 0.6) is 0 Å². The van der Waals surface area contributed by atoms with Crippen LogP contribution in [0, 0.1) is 17.8 Å². The Balaban J connectivity index is 2.46. The van der Waals surface area contributed by atoms with E-state index in [-0.39, 0.29) is 6.04 Å². The van der Waals surface area contributed by atoms with E-state index in [4.69, 9.17) is 5.73 Å². The molecule has 0 radical (unpaired) electrons. The molecule has 1 aliphatic carbocycles. The fourth-order valence-electron chi connectivity index (χ4n) is 3.29. The Bertz CT molecular complexity index is 287. The lowest BCUT2D eigenvalue weighted by molar-refractivity contribution is -0.143. The second-order valence-electron chi connectivity index (χ2n) is 6.87. The lowest BCUT2D eigenvalue weighted by atomic mass is 9.80. The average Bonchev–Trinajstić information content (AvgIpc) is 2.38. The summed E-state index contributed by atoms with van der Waals surface area (Å²) in [7, 11) is 0. The fourth-order valence-corrected chi connectivity index (χ4v) is 3.29. The van der Waals surface area contributed by atoms with Crippen LogP contribution in [-0.2, 0) is 4.79 Å². The summed E-state index contributed by atoms with van der Waals surface area (Å²) in [5, 5.41) is 19.5. The van der Waals surface area contributed by atoms with E-state index < -0.39 is 18.0 Å². The van der Waals surface area contributed by atoms with E-state index in [0.717, 1.165) is 19.3 Å². The number of aliphatic hydroxyl groups excluding tert-OH is 1. The standard InChI is InChI=1S/C16H31NO3/c1-11(2)8-14(17)15(18)10-13(16(19)20)9-12-6-4-3-5-7-12/h11-15,18H,3-10,17H2,1-2H3,(H,19,20)/t13-,14+,15+/m1/s1. The topological polar surface area (TPSA) is 83.5 Å². The van der Waals surface area contributed by atoms with Crippen molar-refractivity contribution < 1.29 is 15.0 Å². The molecule has 1 fully saturated rings. The molecule has 0 aromatic carbocycles. The Morgan fingerprint density at radius 2 is 1.80 bits per heavy atom. The first kappa shape index (κ1) is 17.4. The maximum Gasteiger partial charge on any atom is 0.306 e. The highest BCUT2D eigenvalue weighted by atomic mass is 16.4. The van der Waals surface area contributed by atoms with Crippen LogP contribution in [0.3, 0.4) is 0 Å². The van der Waals surface area contributed by atoms with Crippen LogP contribution in [-0.4, -0.2) is 28.3 Å². The predicted octanol–water partition coefficient (Wildman–Crippen LogP) is 2.78. The Morgan fingerprint density at radius 3 is 2.30 bits per heavy atom. The molecule has 0 aliphatic heterocycles. The van der Waals surface area contributed by atoms with Gasteiger partial charge in [0, 0.05) is 6.04 Å². The fraction of sp³-hybridized carbons (Fsp3) is 0.938. The molecule has 0 amide bonds. The minimum Gasteiger partial charge on any atom is -0.481 e. The third kappa shape index (κ3) is 6.23. The van der Waals surface area contributed by atoms with Crippen LogP contribution < -0.4 is 5.73 Å². The number of rotatable bonds is 8. The maximum absolute atomic E-state index is 11.4. The van der Waals surface area contributed by atoms with Crippen molar-refractivity contribution >= 4 is 5.97 Å². The van der Waals surface area contributed by atoms with Gasteiger partial charge in [-0.1, -0.05) is 46.0 Å². The Hall–Kier alpha value is -0.610. The molecule has 0 unspecified atom stereocenters. The highest BCUT2D eigenvalue weighted by Crippen LogP contribution is 2.31. The van der Waals surface area contributed by atoms with Gasteiger partial charge in [-0.05, 0) is 31.1 Å². The average molecular weight is 285 g/mol. The van der Waals surface area contributed by atoms with Crippen molar-refractivity contribution in [3.05, 3.63) is 0 Å². The Morgan fingerprint density at radius 1 is 1.20 bits per heavy atom. The SMILES string of the molecule is CC(C)C[C@H](N)[C@@H](O)C[C@@H](CC1CCCCC1)C(=O)O. The van der Waals surface area contributed by atoms with Crippen LogP contribution in [0.15, 0.2) is 0 Å². The highest BCUT2D eigenvalue weighted by Gasteiger charge is 2.28. The molecule has 0 aromatic heterocycles. The van der Waals surface area contributed by atoms with E-state index in [1.54, 1.807) is 0 Å². The van der Waals surface area contributed by atoms with Gasteiger partial charge in [0.05, 0.1) is 12.0 Å². The summed E-state index contributed by atoms with van der Waals surface area (Å²) >= 11 is 0. The van der Waals surface area contributed by atoms with Crippen molar-refractivity contribution in [3.8, 4) is 0 Å². The molecule has 4 nitrogen and oxygen atoms in total. The van der Waals surface area contributed by atoms with Gasteiger partial charge in [-0.3, -0.25) is 4.79 Å². The summed E-state index contributed by atoms with van der Waals surface area (Å²) in [5.74, 6) is -0.308. The van der Waals surface area contributed by atoms with E-state index in [0.29, 0.717) is 24.7 Å². The van der Waals surface area contributed by atoms with Crippen molar-refractivity contribution in [2.75, 3.05) is 0 Å². The molecule has 0 saturated heterocycles. The third-order valence-corrected chi connectivity index (χ3v) is 4.46. The molecule has 0 bridgehead atoms. The van der Waals surface area contributed by atoms with Gasteiger partial charge in [0.1, 0.15) is 0 Å². The van der Waals surface area contributed by atoms with Gasteiger partial charge >= 0.3 is 5.97 Å². The van der Waals surface area contributed by atoms with Crippen LogP contribution in [0.4, 0.5) is 0 Å². The summed E-state index contributed by atoms with van der Waals surface area (Å²) in [4.78, 5) is 11.4. The molecule has 20 heavy (non-hydrogen) atoms. The molecular formula is C16H31NO3. The number of carboxylic acid groups (broad SMARTS) is 1. The van der Waals surface area contributed by atoms with Crippen LogP contribution >= 0.6 is 0 Å². The molecule has 3 atom stereocenters. The second kappa shape index (κ2) is 8.63. The summed E-state index contributed by atoms with van der Waals surface area (Å²) in [5.41, 5.74) is 5.96. The molecule has 118 valence electrons. The van der Waals surface area contributed by atoms with Gasteiger partial charge < -0.3 is 15.9 Å². The number of hydrogen-bond donors (Lipinski definition) is 3. The molecule has 0 spiro atoms. The molecule has 1 saturated carbocycles. The van der Waals surface area contributed by atoms with E-state index in [1.165, 1.54) is 19.3 Å². The van der Waals surface area contributed by atoms with Crippen molar-refractivity contribution in [1.29, 1.82) is 0 Å². The minimum atomic E-state index is -0.786. The van der Waals surface area contributed by atoms with Gasteiger partial charge in [0.15, 0.2) is 0 Å². The summed E-state index contributed by atoms with van der Waals surface area (Å²) < 4.78 is 0. The molecule has 1 rings (SSSR count). The van der Waals surface area contributed by atoms with Crippen molar-refractivity contribution in [2.45, 2.75) is 77.4 Å². The number of hydrogen-bond acceptors (Lipinski definition) is 3. The van der Waals surface area contributed by atoms with E-state index >= 15 is 0 Å². The lowest BCUT2D eigenvalue weighted by Gasteiger charge is -2.27. The number of aliphatic carboxylic acids is 1. The minimum absolute atomic E-state index is 0.291. The van der Waals surface area contributed by atoms with Gasteiger partial charge in [0.25, 0.3) is 0 Å². The number of carbonyl (C=O) groups is 1. The molecule has 0 heterocycles. The largest absolute Gasteiger partial charge is 0.481 e. The smallest absolute Gasteiger partial charge is 0.306 e.